The van der Waals surface area contributed by atoms with Crippen molar-refractivity contribution in [2.75, 3.05) is 0 Å². The van der Waals surface area contributed by atoms with E-state index in [1.807, 2.05) is 0 Å². The summed E-state index contributed by atoms with van der Waals surface area (Å²) in [4.78, 5) is 0. The zero-order valence-corrected chi connectivity index (χ0v) is 19.6. The molecular formula is C28H52. The molecule has 0 nitrogen and oxygen atoms in total. The molecule has 0 N–H and O–H groups in total. The molecule has 0 saturated heterocycles. The van der Waals surface area contributed by atoms with E-state index in [-0.39, 0.29) is 0 Å². The Balaban J connectivity index is 1.21. The van der Waals surface area contributed by atoms with Crippen LogP contribution in [0.3, 0.4) is 0 Å². The van der Waals surface area contributed by atoms with E-state index < -0.39 is 0 Å². The monoisotopic (exact) mass is 388 g/mol. The number of rotatable bonds is 10. The topological polar surface area (TPSA) is 0 Å². The summed E-state index contributed by atoms with van der Waals surface area (Å²) in [5.41, 5.74) is 0. The highest BCUT2D eigenvalue weighted by Crippen LogP contribution is 2.40. The first-order valence-electron chi connectivity index (χ1n) is 13.8. The van der Waals surface area contributed by atoms with Crippen molar-refractivity contribution < 1.29 is 0 Å². The van der Waals surface area contributed by atoms with E-state index in [0.717, 1.165) is 35.5 Å². The Morgan fingerprint density at radius 2 is 0.500 bits per heavy atom. The lowest BCUT2D eigenvalue weighted by molar-refractivity contribution is 0.194. The molecule has 0 spiro atoms. The quantitative estimate of drug-likeness (QED) is 0.349. The van der Waals surface area contributed by atoms with Crippen molar-refractivity contribution in [1.29, 1.82) is 0 Å². The zero-order valence-electron chi connectivity index (χ0n) is 19.6. The molecule has 0 unspecified atom stereocenters. The van der Waals surface area contributed by atoms with Gasteiger partial charge in [-0.2, -0.15) is 0 Å². The van der Waals surface area contributed by atoms with Crippen LogP contribution in [-0.4, -0.2) is 0 Å². The Morgan fingerprint density at radius 3 is 0.679 bits per heavy atom. The van der Waals surface area contributed by atoms with Crippen molar-refractivity contribution in [3.05, 3.63) is 0 Å². The molecule has 0 bridgehead atoms. The molecule has 0 aromatic carbocycles. The molecule has 164 valence electrons. The first kappa shape index (κ1) is 22.7. The minimum absolute atomic E-state index is 1.08. The highest BCUT2D eigenvalue weighted by molar-refractivity contribution is 4.78. The van der Waals surface area contributed by atoms with E-state index in [9.17, 15) is 0 Å². The van der Waals surface area contributed by atoms with Gasteiger partial charge in [-0.25, -0.2) is 0 Å². The van der Waals surface area contributed by atoms with Gasteiger partial charge < -0.3 is 0 Å². The van der Waals surface area contributed by atoms with Crippen LogP contribution in [0.4, 0.5) is 0 Å². The van der Waals surface area contributed by atoms with E-state index in [2.05, 4.69) is 13.8 Å². The maximum absolute atomic E-state index is 2.36. The molecule has 0 aliphatic heterocycles. The van der Waals surface area contributed by atoms with Gasteiger partial charge in [-0.15, -0.1) is 0 Å². The average molecular weight is 389 g/mol. The van der Waals surface area contributed by atoms with Crippen LogP contribution < -0.4 is 0 Å². The second-order valence-electron chi connectivity index (χ2n) is 11.4. The van der Waals surface area contributed by atoms with E-state index >= 15 is 0 Å². The standard InChI is InChI=1S/C28H52/c1-3-5-23-7-11-25(12-8-23)15-17-27-19-21-28(22-20-27)18-16-26-13-9-24(6-4-2)10-14-26/h23-28H,3-22H2,1-2H3. The largest absolute Gasteiger partial charge is 0.0654 e. The molecule has 3 aliphatic rings. The van der Waals surface area contributed by atoms with Crippen LogP contribution in [0.2, 0.25) is 0 Å². The van der Waals surface area contributed by atoms with Gasteiger partial charge in [-0.1, -0.05) is 142 Å². The van der Waals surface area contributed by atoms with Gasteiger partial charge in [0.05, 0.1) is 0 Å². The predicted octanol–water partition coefficient (Wildman–Crippen LogP) is 9.57. The highest BCUT2D eigenvalue weighted by atomic mass is 14.3. The first-order chi connectivity index (χ1) is 13.8. The first-order valence-corrected chi connectivity index (χ1v) is 13.8. The smallest absolute Gasteiger partial charge is 0.0414 e. The molecule has 3 saturated carbocycles. The third-order valence-electron chi connectivity index (χ3n) is 9.26. The Morgan fingerprint density at radius 1 is 0.321 bits per heavy atom. The van der Waals surface area contributed by atoms with Crippen molar-refractivity contribution in [3.63, 3.8) is 0 Å². The maximum atomic E-state index is 2.36. The number of hydrogen-bond donors (Lipinski definition) is 0. The molecule has 0 heteroatoms. The summed E-state index contributed by atoms with van der Waals surface area (Å²) in [5, 5.41) is 0. The van der Waals surface area contributed by atoms with Crippen molar-refractivity contribution in [2.24, 2.45) is 35.5 Å². The fourth-order valence-electron chi connectivity index (χ4n) is 7.19. The Labute approximate surface area is 178 Å². The van der Waals surface area contributed by atoms with Crippen molar-refractivity contribution >= 4 is 0 Å². The predicted molar refractivity (Wildman–Crippen MR) is 125 cm³/mol. The van der Waals surface area contributed by atoms with Gasteiger partial charge in [0.15, 0.2) is 0 Å². The summed E-state index contributed by atoms with van der Waals surface area (Å²) in [6, 6.07) is 0. The van der Waals surface area contributed by atoms with Gasteiger partial charge in [0.25, 0.3) is 0 Å². The van der Waals surface area contributed by atoms with Crippen LogP contribution in [0, 0.1) is 35.5 Å². The van der Waals surface area contributed by atoms with Crippen molar-refractivity contribution in [2.45, 2.75) is 142 Å². The summed E-state index contributed by atoms with van der Waals surface area (Å²) >= 11 is 0. The molecule has 0 atom stereocenters. The van der Waals surface area contributed by atoms with Gasteiger partial charge in [-0.3, -0.25) is 0 Å². The van der Waals surface area contributed by atoms with Crippen LogP contribution >= 0.6 is 0 Å². The normalized spacial score (nSPS) is 37.1. The van der Waals surface area contributed by atoms with Gasteiger partial charge in [0.2, 0.25) is 0 Å². The fraction of sp³-hybridized carbons (Fsp3) is 1.00. The van der Waals surface area contributed by atoms with Gasteiger partial charge in [0.1, 0.15) is 0 Å². The molecule has 3 fully saturated rings. The molecule has 0 aromatic rings. The fourth-order valence-corrected chi connectivity index (χ4v) is 7.19. The Kier molecular flexibility index (Phi) is 10.2. The molecule has 0 radical (unpaired) electrons. The SMILES string of the molecule is CCCC1CCC(CCC2CCC(CCC3CCC(CCC)CC3)CC2)CC1. The lowest BCUT2D eigenvalue weighted by Gasteiger charge is -2.33. The Hall–Kier alpha value is 0. The second kappa shape index (κ2) is 12.6. The summed E-state index contributed by atoms with van der Waals surface area (Å²) in [7, 11) is 0. The molecule has 3 rings (SSSR count). The Bertz CT molecular complexity index is 337. The van der Waals surface area contributed by atoms with Crippen molar-refractivity contribution in [3.8, 4) is 0 Å². The van der Waals surface area contributed by atoms with E-state index in [4.69, 9.17) is 0 Å². The van der Waals surface area contributed by atoms with Crippen molar-refractivity contribution in [1.82, 2.24) is 0 Å². The third kappa shape index (κ3) is 7.68. The van der Waals surface area contributed by atoms with E-state index in [1.165, 1.54) is 25.7 Å². The summed E-state index contributed by atoms with van der Waals surface area (Å²) in [5.74, 6) is 6.53. The molecule has 28 heavy (non-hydrogen) atoms. The number of hydrogen-bond acceptors (Lipinski definition) is 0. The molecular weight excluding hydrogens is 336 g/mol. The molecule has 0 aromatic heterocycles. The van der Waals surface area contributed by atoms with Gasteiger partial charge in [0, 0.05) is 0 Å². The van der Waals surface area contributed by atoms with Crippen LogP contribution in [0.15, 0.2) is 0 Å². The summed E-state index contributed by atoms with van der Waals surface area (Å²) in [6.45, 7) is 4.72. The lowest BCUT2D eigenvalue weighted by Crippen LogP contribution is -2.19. The van der Waals surface area contributed by atoms with Crippen LogP contribution in [-0.2, 0) is 0 Å². The molecule has 0 heterocycles. The second-order valence-corrected chi connectivity index (χ2v) is 11.4. The minimum Gasteiger partial charge on any atom is -0.0654 e. The summed E-state index contributed by atoms with van der Waals surface area (Å²) in [6.07, 6.45) is 30.7. The zero-order chi connectivity index (χ0) is 19.6. The van der Waals surface area contributed by atoms with Crippen LogP contribution in [0.5, 0.6) is 0 Å². The van der Waals surface area contributed by atoms with E-state index in [0.29, 0.717) is 0 Å². The van der Waals surface area contributed by atoms with E-state index in [1.54, 1.807) is 103 Å². The third-order valence-corrected chi connectivity index (χ3v) is 9.26. The maximum Gasteiger partial charge on any atom is -0.0414 e. The summed E-state index contributed by atoms with van der Waals surface area (Å²) < 4.78 is 0. The lowest BCUT2D eigenvalue weighted by atomic mass is 9.73. The highest BCUT2D eigenvalue weighted by Gasteiger charge is 2.26. The molecule has 0 amide bonds. The minimum atomic E-state index is 1.08. The van der Waals surface area contributed by atoms with Gasteiger partial charge in [-0.05, 0) is 35.5 Å². The average Bonchev–Trinajstić information content (AvgIpc) is 2.74. The van der Waals surface area contributed by atoms with Crippen LogP contribution in [0.25, 0.3) is 0 Å². The molecule has 3 aliphatic carbocycles. The van der Waals surface area contributed by atoms with Crippen LogP contribution in [0.1, 0.15) is 142 Å². The van der Waals surface area contributed by atoms with Gasteiger partial charge >= 0.3 is 0 Å².